The van der Waals surface area contributed by atoms with Crippen molar-refractivity contribution in [2.75, 3.05) is 19.4 Å². The van der Waals surface area contributed by atoms with Gasteiger partial charge in [-0.25, -0.2) is 5.43 Å². The van der Waals surface area contributed by atoms with Crippen LogP contribution in [0.25, 0.3) is 5.69 Å². The minimum atomic E-state index is -0.263. The highest BCUT2D eigenvalue weighted by molar-refractivity contribution is 8.38. The van der Waals surface area contributed by atoms with Gasteiger partial charge in [-0.2, -0.15) is 5.10 Å². The highest BCUT2D eigenvalue weighted by Crippen LogP contribution is 2.29. The van der Waals surface area contributed by atoms with Gasteiger partial charge in [0, 0.05) is 29.5 Å². The van der Waals surface area contributed by atoms with Crippen molar-refractivity contribution in [2.45, 2.75) is 5.75 Å². The van der Waals surface area contributed by atoms with E-state index in [1.54, 1.807) is 42.9 Å². The smallest absolute Gasteiger partial charge is 0.273 e. The first-order valence-electron chi connectivity index (χ1n) is 9.77. The Morgan fingerprint density at radius 1 is 1.26 bits per heavy atom. The van der Waals surface area contributed by atoms with Crippen LogP contribution in [0.15, 0.2) is 77.1 Å². The van der Waals surface area contributed by atoms with Gasteiger partial charge in [-0.3, -0.25) is 9.79 Å². The number of benzene rings is 2. The summed E-state index contributed by atoms with van der Waals surface area (Å²) in [6, 6.07) is 17.1. The number of amides is 1. The van der Waals surface area contributed by atoms with E-state index < -0.39 is 0 Å². The van der Waals surface area contributed by atoms with Crippen molar-refractivity contribution >= 4 is 40.0 Å². The molecule has 1 N–H and O–H groups in total. The Labute approximate surface area is 189 Å². The second-order valence-electron chi connectivity index (χ2n) is 6.66. The first-order chi connectivity index (χ1) is 15.2. The molecular weight excluding hydrogens is 428 g/mol. The number of nitrogens with zero attached hydrogens (tertiary/aromatic N) is 3. The topological polar surface area (TPSA) is 68.0 Å². The van der Waals surface area contributed by atoms with Crippen LogP contribution in [-0.4, -0.2) is 40.5 Å². The molecule has 1 aliphatic heterocycles. The van der Waals surface area contributed by atoms with Gasteiger partial charge in [0.05, 0.1) is 31.1 Å². The summed E-state index contributed by atoms with van der Waals surface area (Å²) in [6.45, 7) is 0.893. The lowest BCUT2D eigenvalue weighted by Crippen LogP contribution is -2.19. The first kappa shape index (κ1) is 21.3. The fourth-order valence-corrected chi connectivity index (χ4v) is 5.13. The molecule has 1 aliphatic rings. The fourth-order valence-electron chi connectivity index (χ4n) is 3.15. The van der Waals surface area contributed by atoms with Crippen molar-refractivity contribution < 1.29 is 9.53 Å². The number of thioether (sulfide) groups is 2. The third-order valence-electron chi connectivity index (χ3n) is 4.62. The Morgan fingerprint density at radius 3 is 2.87 bits per heavy atom. The molecule has 1 aromatic heterocycles. The highest BCUT2D eigenvalue weighted by atomic mass is 32.2. The number of para-hydroxylation sites is 1. The molecule has 8 heteroatoms. The van der Waals surface area contributed by atoms with Gasteiger partial charge in [0.1, 0.15) is 10.1 Å². The van der Waals surface area contributed by atoms with E-state index in [1.807, 2.05) is 65.5 Å². The summed E-state index contributed by atoms with van der Waals surface area (Å²) in [5.41, 5.74) is 5.94. The summed E-state index contributed by atoms with van der Waals surface area (Å²) in [5.74, 6) is 2.39. The third kappa shape index (κ3) is 5.39. The van der Waals surface area contributed by atoms with Crippen molar-refractivity contribution in [1.82, 2.24) is 9.99 Å². The van der Waals surface area contributed by atoms with E-state index in [4.69, 9.17) is 4.74 Å². The molecule has 0 aliphatic carbocycles. The van der Waals surface area contributed by atoms with Gasteiger partial charge in [-0.15, -0.1) is 0 Å². The van der Waals surface area contributed by atoms with E-state index in [0.29, 0.717) is 5.56 Å². The average Bonchev–Trinajstić information content (AvgIpc) is 3.52. The van der Waals surface area contributed by atoms with Crippen molar-refractivity contribution in [3.8, 4) is 11.4 Å². The molecule has 4 rings (SSSR count). The number of hydrogen-bond acceptors (Lipinski definition) is 6. The van der Waals surface area contributed by atoms with Crippen LogP contribution in [0, 0.1) is 0 Å². The predicted octanol–water partition coefficient (Wildman–Crippen LogP) is 4.59. The van der Waals surface area contributed by atoms with E-state index in [1.165, 1.54) is 0 Å². The number of carbonyl (C=O) groups is 1. The number of nitrogens with one attached hydrogen (secondary N) is 1. The minimum Gasteiger partial charge on any atom is -0.496 e. The number of methoxy groups -OCH3 is 1. The van der Waals surface area contributed by atoms with Crippen molar-refractivity contribution in [3.63, 3.8) is 0 Å². The van der Waals surface area contributed by atoms with Gasteiger partial charge in [0.25, 0.3) is 5.91 Å². The molecular formula is C23H22N4O2S2. The number of aliphatic imine (C=N–C) groups is 1. The molecule has 2 aromatic carbocycles. The monoisotopic (exact) mass is 450 g/mol. The Bertz CT molecular complexity index is 1110. The lowest BCUT2D eigenvalue weighted by molar-refractivity contribution is 0.0955. The standard InChI is InChI=1S/C23H22N4O2S2/c1-29-21-9-8-17(14-18(21)16-31-23-24-10-13-30-23)15-25-26-22(28)19-6-2-3-7-20(19)27-11-4-5-12-27/h2-9,11-12,14-15H,10,13,16H2,1H3,(H,26,28). The minimum absolute atomic E-state index is 0.263. The summed E-state index contributed by atoms with van der Waals surface area (Å²) < 4.78 is 8.51. The summed E-state index contributed by atoms with van der Waals surface area (Å²) in [4.78, 5) is 17.2. The van der Waals surface area contributed by atoms with Crippen molar-refractivity contribution in [2.24, 2.45) is 10.1 Å². The average molecular weight is 451 g/mol. The van der Waals surface area contributed by atoms with Crippen LogP contribution in [0.3, 0.4) is 0 Å². The van der Waals surface area contributed by atoms with Crippen LogP contribution in [0.4, 0.5) is 0 Å². The van der Waals surface area contributed by atoms with Crippen LogP contribution in [-0.2, 0) is 5.75 Å². The molecule has 158 valence electrons. The zero-order chi connectivity index (χ0) is 21.5. The Balaban J connectivity index is 1.44. The predicted molar refractivity (Wildman–Crippen MR) is 130 cm³/mol. The van der Waals surface area contributed by atoms with Crippen molar-refractivity contribution in [1.29, 1.82) is 0 Å². The SMILES string of the molecule is COc1ccc(C=NNC(=O)c2ccccc2-n2cccc2)cc1CSC1=NCCS1. The maximum Gasteiger partial charge on any atom is 0.273 e. The molecule has 0 saturated heterocycles. The maximum absolute atomic E-state index is 12.7. The van der Waals surface area contributed by atoms with E-state index in [-0.39, 0.29) is 5.91 Å². The van der Waals surface area contributed by atoms with Gasteiger partial charge >= 0.3 is 0 Å². The van der Waals surface area contributed by atoms with Gasteiger partial charge in [0.15, 0.2) is 0 Å². The number of hydrazone groups is 1. The summed E-state index contributed by atoms with van der Waals surface area (Å²) >= 11 is 3.51. The Hall–Kier alpha value is -2.97. The number of rotatable bonds is 7. The van der Waals surface area contributed by atoms with Gasteiger partial charge < -0.3 is 9.30 Å². The summed E-state index contributed by atoms with van der Waals surface area (Å²) in [5, 5.41) is 4.17. The molecule has 31 heavy (non-hydrogen) atoms. The van der Waals surface area contributed by atoms with E-state index in [9.17, 15) is 4.79 Å². The molecule has 0 saturated carbocycles. The second kappa shape index (κ2) is 10.4. The number of hydrogen-bond donors (Lipinski definition) is 1. The molecule has 0 atom stereocenters. The van der Waals surface area contributed by atoms with Gasteiger partial charge in [0.2, 0.25) is 0 Å². The zero-order valence-electron chi connectivity index (χ0n) is 17.0. The number of ether oxygens (including phenoxy) is 1. The largest absolute Gasteiger partial charge is 0.496 e. The maximum atomic E-state index is 12.7. The van der Waals surface area contributed by atoms with Gasteiger partial charge in [-0.05, 0) is 48.0 Å². The molecule has 0 radical (unpaired) electrons. The highest BCUT2D eigenvalue weighted by Gasteiger charge is 2.12. The van der Waals surface area contributed by atoms with E-state index in [0.717, 1.165) is 45.0 Å². The fraction of sp³-hybridized carbons (Fsp3) is 0.174. The summed E-state index contributed by atoms with van der Waals surface area (Å²) in [7, 11) is 1.67. The Kier molecular flexibility index (Phi) is 7.11. The van der Waals surface area contributed by atoms with Crippen LogP contribution < -0.4 is 10.2 Å². The lowest BCUT2D eigenvalue weighted by atomic mass is 10.1. The van der Waals surface area contributed by atoms with Crippen LogP contribution >= 0.6 is 23.5 Å². The normalized spacial score (nSPS) is 13.4. The Morgan fingerprint density at radius 2 is 2.10 bits per heavy atom. The quantitative estimate of drug-likeness (QED) is 0.422. The third-order valence-corrected chi connectivity index (χ3v) is 6.93. The molecule has 2 heterocycles. The van der Waals surface area contributed by atoms with E-state index >= 15 is 0 Å². The van der Waals surface area contributed by atoms with Crippen molar-refractivity contribution in [3.05, 3.63) is 83.7 Å². The molecule has 0 fully saturated rings. The first-order valence-corrected chi connectivity index (χ1v) is 11.7. The molecule has 0 spiro atoms. The van der Waals surface area contributed by atoms with Crippen LogP contribution in [0.5, 0.6) is 5.75 Å². The molecule has 6 nitrogen and oxygen atoms in total. The number of aromatic nitrogens is 1. The van der Waals surface area contributed by atoms with E-state index in [2.05, 4.69) is 15.5 Å². The second-order valence-corrected chi connectivity index (χ2v) is 8.97. The molecule has 3 aromatic rings. The molecule has 0 unspecified atom stereocenters. The summed E-state index contributed by atoms with van der Waals surface area (Å²) in [6.07, 6.45) is 5.45. The van der Waals surface area contributed by atoms with Crippen LogP contribution in [0.2, 0.25) is 0 Å². The lowest BCUT2D eigenvalue weighted by Gasteiger charge is -2.10. The number of carbonyl (C=O) groups excluding carboxylic acids is 1. The molecule has 0 bridgehead atoms. The molecule has 1 amide bonds. The zero-order valence-corrected chi connectivity index (χ0v) is 18.7. The van der Waals surface area contributed by atoms with Crippen LogP contribution in [0.1, 0.15) is 21.5 Å². The van der Waals surface area contributed by atoms with Gasteiger partial charge in [-0.1, -0.05) is 35.7 Å².